The van der Waals surface area contributed by atoms with E-state index in [0.717, 1.165) is 0 Å². The van der Waals surface area contributed by atoms with Crippen LogP contribution in [0.2, 0.25) is 5.28 Å². The van der Waals surface area contributed by atoms with E-state index in [1.807, 2.05) is 6.92 Å². The summed E-state index contributed by atoms with van der Waals surface area (Å²) < 4.78 is 1.57. The molecule has 0 atom stereocenters. The Kier molecular flexibility index (Phi) is 2.38. The molecular weight excluding hydrogens is 180 g/mol. The van der Waals surface area contributed by atoms with E-state index in [-0.39, 0.29) is 11.0 Å². The number of hydrogen-bond acceptors (Lipinski definition) is 2. The van der Waals surface area contributed by atoms with Crippen molar-refractivity contribution in [2.24, 2.45) is 7.05 Å². The van der Waals surface area contributed by atoms with Gasteiger partial charge in [0.25, 0.3) is 0 Å². The Morgan fingerprint density at radius 3 is 2.67 bits per heavy atom. The van der Waals surface area contributed by atoms with E-state index in [9.17, 15) is 4.79 Å². The van der Waals surface area contributed by atoms with Gasteiger partial charge in [-0.3, -0.25) is 0 Å². The summed E-state index contributed by atoms with van der Waals surface area (Å²) >= 11 is 5.65. The second-order valence-corrected chi connectivity index (χ2v) is 2.73. The van der Waals surface area contributed by atoms with E-state index < -0.39 is 5.97 Å². The third-order valence-corrected chi connectivity index (χ3v) is 2.03. The fourth-order valence-corrected chi connectivity index (χ4v) is 1.26. The van der Waals surface area contributed by atoms with Crippen molar-refractivity contribution in [2.75, 3.05) is 0 Å². The van der Waals surface area contributed by atoms with E-state index in [1.54, 1.807) is 11.6 Å². The molecule has 66 valence electrons. The van der Waals surface area contributed by atoms with Crippen LogP contribution in [-0.2, 0) is 13.5 Å². The third kappa shape index (κ3) is 1.30. The highest BCUT2D eigenvalue weighted by Crippen LogP contribution is 2.14. The molecule has 1 rings (SSSR count). The SMILES string of the molecule is CCc1c(C(=O)O)nc(Cl)n1C. The fraction of sp³-hybridized carbons (Fsp3) is 0.429. The minimum atomic E-state index is -1.03. The van der Waals surface area contributed by atoms with E-state index in [2.05, 4.69) is 4.98 Å². The predicted octanol–water partition coefficient (Wildman–Crippen LogP) is 1.33. The Morgan fingerprint density at radius 2 is 2.33 bits per heavy atom. The van der Waals surface area contributed by atoms with Crippen LogP contribution < -0.4 is 0 Å². The van der Waals surface area contributed by atoms with Gasteiger partial charge in [-0.2, -0.15) is 0 Å². The molecule has 1 aromatic rings. The normalized spacial score (nSPS) is 10.2. The van der Waals surface area contributed by atoms with Gasteiger partial charge in [0.15, 0.2) is 5.69 Å². The summed E-state index contributed by atoms with van der Waals surface area (Å²) in [5, 5.41) is 8.91. The summed E-state index contributed by atoms with van der Waals surface area (Å²) in [4.78, 5) is 14.3. The maximum absolute atomic E-state index is 10.6. The van der Waals surface area contributed by atoms with Gasteiger partial charge in [0.1, 0.15) is 0 Å². The van der Waals surface area contributed by atoms with E-state index in [4.69, 9.17) is 16.7 Å². The van der Waals surface area contributed by atoms with Gasteiger partial charge in [-0.15, -0.1) is 0 Å². The quantitative estimate of drug-likeness (QED) is 0.762. The summed E-state index contributed by atoms with van der Waals surface area (Å²) in [7, 11) is 1.70. The van der Waals surface area contributed by atoms with Crippen LogP contribution in [0.15, 0.2) is 0 Å². The number of halogens is 1. The smallest absolute Gasteiger partial charge is 0.356 e. The average Bonchev–Trinajstić information content (AvgIpc) is 2.29. The molecule has 0 aliphatic heterocycles. The number of rotatable bonds is 2. The van der Waals surface area contributed by atoms with Crippen molar-refractivity contribution in [2.45, 2.75) is 13.3 Å². The highest BCUT2D eigenvalue weighted by molar-refractivity contribution is 6.28. The van der Waals surface area contributed by atoms with E-state index in [1.165, 1.54) is 0 Å². The number of aromatic nitrogens is 2. The summed E-state index contributed by atoms with van der Waals surface area (Å²) in [6, 6.07) is 0. The number of nitrogens with zero attached hydrogens (tertiary/aromatic N) is 2. The summed E-state index contributed by atoms with van der Waals surface area (Å²) in [6.07, 6.45) is 0.609. The molecule has 0 spiro atoms. The first kappa shape index (κ1) is 9.06. The number of imidazole rings is 1. The van der Waals surface area contributed by atoms with Crippen LogP contribution in [0, 0.1) is 0 Å². The molecule has 1 N–H and O–H groups in total. The molecule has 0 radical (unpaired) electrons. The zero-order valence-electron chi connectivity index (χ0n) is 6.83. The number of hydrogen-bond donors (Lipinski definition) is 1. The minimum Gasteiger partial charge on any atom is -0.476 e. The van der Waals surface area contributed by atoms with Crippen molar-refractivity contribution in [1.82, 2.24) is 9.55 Å². The zero-order chi connectivity index (χ0) is 9.30. The second kappa shape index (κ2) is 3.15. The molecule has 0 aromatic carbocycles. The molecule has 5 heteroatoms. The van der Waals surface area contributed by atoms with Crippen molar-refractivity contribution in [3.8, 4) is 0 Å². The standard InChI is InChI=1S/C7H9ClN2O2/c1-3-4-5(6(11)12)9-7(8)10(4)2/h3H2,1-2H3,(H,11,12). The zero-order valence-corrected chi connectivity index (χ0v) is 7.59. The Balaban J connectivity index is 3.29. The average molecular weight is 189 g/mol. The Hall–Kier alpha value is -1.03. The van der Waals surface area contributed by atoms with Crippen LogP contribution in [0.3, 0.4) is 0 Å². The molecule has 0 aliphatic rings. The van der Waals surface area contributed by atoms with Gasteiger partial charge in [-0.05, 0) is 18.0 Å². The molecule has 1 aromatic heterocycles. The van der Waals surface area contributed by atoms with Crippen molar-refractivity contribution in [3.63, 3.8) is 0 Å². The third-order valence-electron chi connectivity index (χ3n) is 1.70. The molecule has 12 heavy (non-hydrogen) atoms. The molecule has 0 saturated carbocycles. The van der Waals surface area contributed by atoms with Crippen LogP contribution in [-0.4, -0.2) is 20.6 Å². The number of carboxylic acids is 1. The van der Waals surface area contributed by atoms with Crippen LogP contribution in [0.25, 0.3) is 0 Å². The molecule has 0 saturated heterocycles. The van der Waals surface area contributed by atoms with Gasteiger partial charge < -0.3 is 9.67 Å². The first-order valence-corrected chi connectivity index (χ1v) is 3.90. The molecule has 0 unspecified atom stereocenters. The second-order valence-electron chi connectivity index (χ2n) is 2.39. The van der Waals surface area contributed by atoms with Gasteiger partial charge in [0.05, 0.1) is 5.69 Å². The molecule has 0 aliphatic carbocycles. The highest BCUT2D eigenvalue weighted by atomic mass is 35.5. The molecule has 0 fully saturated rings. The molecule has 0 amide bonds. The lowest BCUT2D eigenvalue weighted by atomic mass is 10.2. The first-order chi connectivity index (χ1) is 5.57. The highest BCUT2D eigenvalue weighted by Gasteiger charge is 2.16. The Morgan fingerprint density at radius 1 is 1.75 bits per heavy atom. The summed E-state index contributed by atoms with van der Waals surface area (Å²) in [6.45, 7) is 1.86. The Labute approximate surface area is 74.8 Å². The van der Waals surface area contributed by atoms with Crippen molar-refractivity contribution in [3.05, 3.63) is 16.7 Å². The Bertz CT molecular complexity index is 319. The summed E-state index contributed by atoms with van der Waals surface area (Å²) in [5.41, 5.74) is 0.692. The van der Waals surface area contributed by atoms with E-state index >= 15 is 0 Å². The lowest BCUT2D eigenvalue weighted by Gasteiger charge is -1.98. The topological polar surface area (TPSA) is 55.1 Å². The lowest BCUT2D eigenvalue weighted by Crippen LogP contribution is -2.03. The van der Waals surface area contributed by atoms with Crippen LogP contribution >= 0.6 is 11.6 Å². The molecular formula is C7H9ClN2O2. The number of carboxylic acid groups (broad SMARTS) is 1. The maximum atomic E-state index is 10.6. The molecule has 4 nitrogen and oxygen atoms in total. The van der Waals surface area contributed by atoms with Crippen LogP contribution in [0.1, 0.15) is 23.1 Å². The monoisotopic (exact) mass is 188 g/mol. The van der Waals surface area contributed by atoms with Gasteiger partial charge in [-0.25, -0.2) is 9.78 Å². The van der Waals surface area contributed by atoms with Crippen molar-refractivity contribution in [1.29, 1.82) is 0 Å². The fourth-order valence-electron chi connectivity index (χ4n) is 1.08. The largest absolute Gasteiger partial charge is 0.476 e. The van der Waals surface area contributed by atoms with Crippen LogP contribution in [0.5, 0.6) is 0 Å². The minimum absolute atomic E-state index is 0.0463. The predicted molar refractivity (Wildman–Crippen MR) is 44.6 cm³/mol. The number of aromatic carboxylic acids is 1. The molecule has 0 bridgehead atoms. The van der Waals surface area contributed by atoms with Gasteiger partial charge >= 0.3 is 5.97 Å². The van der Waals surface area contributed by atoms with Gasteiger partial charge in [0, 0.05) is 7.05 Å². The number of carbonyl (C=O) groups is 1. The lowest BCUT2D eigenvalue weighted by molar-refractivity contribution is 0.0689. The molecule has 1 heterocycles. The van der Waals surface area contributed by atoms with Gasteiger partial charge in [0.2, 0.25) is 5.28 Å². The maximum Gasteiger partial charge on any atom is 0.356 e. The van der Waals surface area contributed by atoms with Crippen molar-refractivity contribution >= 4 is 17.6 Å². The van der Waals surface area contributed by atoms with Gasteiger partial charge in [-0.1, -0.05) is 6.92 Å². The summed E-state index contributed by atoms with van der Waals surface area (Å²) in [5.74, 6) is -1.03. The first-order valence-electron chi connectivity index (χ1n) is 3.52. The van der Waals surface area contributed by atoms with Crippen molar-refractivity contribution < 1.29 is 9.90 Å². The van der Waals surface area contributed by atoms with Crippen LogP contribution in [0.4, 0.5) is 0 Å². The van der Waals surface area contributed by atoms with E-state index in [0.29, 0.717) is 12.1 Å².